The first-order valence-electron chi connectivity index (χ1n) is 9.60. The zero-order chi connectivity index (χ0) is 21.5. The van der Waals surface area contributed by atoms with Gasteiger partial charge in [-0.2, -0.15) is 0 Å². The molecule has 30 heavy (non-hydrogen) atoms. The summed E-state index contributed by atoms with van der Waals surface area (Å²) in [4.78, 5) is 15.9. The molecule has 1 unspecified atom stereocenters. The Morgan fingerprint density at radius 1 is 1.07 bits per heavy atom. The van der Waals surface area contributed by atoms with Crippen molar-refractivity contribution in [1.29, 1.82) is 4.78 Å². The standard InChI is InChI=1S/C23H23N3O3S/c1-15(2)30(24,28)17-9-10-21(29-16-7-5-4-6-8-16)19(13-17)20-14-26(3)23(27)22-18(20)11-12-25-22/h4-15,24-25H,1-3H3. The fourth-order valence-electron chi connectivity index (χ4n) is 3.37. The second-order valence-corrected chi connectivity index (χ2v) is 10.1. The smallest absolute Gasteiger partial charge is 0.274 e. The van der Waals surface area contributed by atoms with Crippen LogP contribution in [0.2, 0.25) is 0 Å². The van der Waals surface area contributed by atoms with Crippen molar-refractivity contribution in [3.05, 3.63) is 77.3 Å². The summed E-state index contributed by atoms with van der Waals surface area (Å²) in [5.74, 6) is 1.22. The monoisotopic (exact) mass is 421 g/mol. The first-order valence-corrected chi connectivity index (χ1v) is 11.2. The topological polar surface area (TPSA) is 87.9 Å². The minimum atomic E-state index is -2.99. The second-order valence-electron chi connectivity index (χ2n) is 7.45. The predicted octanol–water partition coefficient (Wildman–Crippen LogP) is 5.14. The maximum absolute atomic E-state index is 13.0. The molecule has 0 saturated heterocycles. The Bertz CT molecular complexity index is 1380. The van der Waals surface area contributed by atoms with Crippen LogP contribution in [0.4, 0.5) is 0 Å². The SMILES string of the molecule is CC(C)S(=N)(=O)c1ccc(Oc2ccccc2)c(-c2cn(C)c(=O)c3[nH]ccc23)c1. The van der Waals surface area contributed by atoms with Gasteiger partial charge in [0.25, 0.3) is 5.56 Å². The van der Waals surface area contributed by atoms with E-state index in [1.54, 1.807) is 51.5 Å². The summed E-state index contributed by atoms with van der Waals surface area (Å²) in [6.45, 7) is 3.56. The summed E-state index contributed by atoms with van der Waals surface area (Å²) in [7, 11) is -1.30. The van der Waals surface area contributed by atoms with E-state index in [2.05, 4.69) is 4.98 Å². The van der Waals surface area contributed by atoms with Crippen molar-refractivity contribution in [3.8, 4) is 22.6 Å². The van der Waals surface area contributed by atoms with Crippen LogP contribution in [0.1, 0.15) is 13.8 Å². The molecule has 0 amide bonds. The van der Waals surface area contributed by atoms with Gasteiger partial charge < -0.3 is 14.3 Å². The third kappa shape index (κ3) is 3.41. The van der Waals surface area contributed by atoms with E-state index in [0.29, 0.717) is 27.5 Å². The van der Waals surface area contributed by atoms with Crippen LogP contribution in [-0.2, 0) is 16.8 Å². The number of aromatic nitrogens is 2. The number of fused-ring (bicyclic) bond motifs is 1. The third-order valence-corrected chi connectivity index (χ3v) is 7.40. The number of hydrogen-bond acceptors (Lipinski definition) is 4. The average Bonchev–Trinajstić information content (AvgIpc) is 3.22. The molecule has 2 aromatic heterocycles. The molecule has 0 fully saturated rings. The molecule has 4 aromatic rings. The van der Waals surface area contributed by atoms with Gasteiger partial charge in [-0.15, -0.1) is 0 Å². The highest BCUT2D eigenvalue weighted by Crippen LogP contribution is 2.38. The normalized spacial score (nSPS) is 13.5. The molecule has 2 aromatic carbocycles. The molecule has 0 aliphatic carbocycles. The number of hydrogen-bond donors (Lipinski definition) is 2. The maximum atomic E-state index is 13.0. The number of ether oxygens (including phenoxy) is 1. The van der Waals surface area contributed by atoms with Crippen molar-refractivity contribution >= 4 is 20.6 Å². The number of nitrogens with zero attached hydrogens (tertiary/aromatic N) is 1. The van der Waals surface area contributed by atoms with Crippen LogP contribution in [0, 0.1) is 4.78 Å². The van der Waals surface area contributed by atoms with Gasteiger partial charge in [-0.1, -0.05) is 18.2 Å². The minimum absolute atomic E-state index is 0.132. The van der Waals surface area contributed by atoms with E-state index < -0.39 is 9.73 Å². The summed E-state index contributed by atoms with van der Waals surface area (Å²) in [6.07, 6.45) is 3.47. The molecular formula is C23H23N3O3S. The fourth-order valence-corrected chi connectivity index (χ4v) is 4.48. The third-order valence-electron chi connectivity index (χ3n) is 5.12. The lowest BCUT2D eigenvalue weighted by molar-refractivity contribution is 0.484. The van der Waals surface area contributed by atoms with Crippen molar-refractivity contribution in [2.45, 2.75) is 24.0 Å². The van der Waals surface area contributed by atoms with Crippen LogP contribution in [0.25, 0.3) is 22.0 Å². The van der Waals surface area contributed by atoms with Crippen LogP contribution in [0.15, 0.2) is 76.7 Å². The van der Waals surface area contributed by atoms with Gasteiger partial charge in [0, 0.05) is 46.1 Å². The van der Waals surface area contributed by atoms with E-state index in [-0.39, 0.29) is 10.8 Å². The number of benzene rings is 2. The summed E-state index contributed by atoms with van der Waals surface area (Å²) in [5.41, 5.74) is 1.80. The van der Waals surface area contributed by atoms with Crippen molar-refractivity contribution < 1.29 is 8.95 Å². The van der Waals surface area contributed by atoms with Crippen LogP contribution < -0.4 is 10.3 Å². The summed E-state index contributed by atoms with van der Waals surface area (Å²) >= 11 is 0. The molecule has 0 spiro atoms. The van der Waals surface area contributed by atoms with Crippen LogP contribution in [-0.4, -0.2) is 19.0 Å². The summed E-state index contributed by atoms with van der Waals surface area (Å²) < 4.78 is 29.1. The molecule has 0 saturated carbocycles. The molecular weight excluding hydrogens is 398 g/mol. The first-order chi connectivity index (χ1) is 14.3. The Labute approximate surface area is 175 Å². The highest BCUT2D eigenvalue weighted by atomic mass is 32.2. The summed E-state index contributed by atoms with van der Waals surface area (Å²) in [6, 6.07) is 16.4. The van der Waals surface area contributed by atoms with Gasteiger partial charge in [-0.05, 0) is 50.2 Å². The fraction of sp³-hybridized carbons (Fsp3) is 0.174. The zero-order valence-electron chi connectivity index (χ0n) is 17.0. The number of para-hydroxylation sites is 1. The summed E-state index contributed by atoms with van der Waals surface area (Å²) in [5, 5.41) is 0.410. The molecule has 0 aliphatic rings. The number of rotatable bonds is 5. The number of nitrogens with one attached hydrogen (secondary N) is 2. The average molecular weight is 422 g/mol. The number of aromatic amines is 1. The second kappa shape index (κ2) is 7.50. The van der Waals surface area contributed by atoms with E-state index >= 15 is 0 Å². The number of aryl methyl sites for hydroxylation is 1. The number of pyridine rings is 1. The van der Waals surface area contributed by atoms with E-state index in [4.69, 9.17) is 9.52 Å². The van der Waals surface area contributed by atoms with Gasteiger partial charge in [0.15, 0.2) is 0 Å². The first kappa shape index (κ1) is 20.0. The molecule has 2 N–H and O–H groups in total. The molecule has 4 rings (SSSR count). The Balaban J connectivity index is 2.00. The molecule has 2 heterocycles. The van der Waals surface area contributed by atoms with Gasteiger partial charge in [0.2, 0.25) is 0 Å². The van der Waals surface area contributed by atoms with Crippen LogP contribution in [0.5, 0.6) is 11.5 Å². The van der Waals surface area contributed by atoms with Crippen LogP contribution >= 0.6 is 0 Å². The van der Waals surface area contributed by atoms with Gasteiger partial charge >= 0.3 is 0 Å². The minimum Gasteiger partial charge on any atom is -0.457 e. The van der Waals surface area contributed by atoms with Crippen molar-refractivity contribution in [3.63, 3.8) is 0 Å². The van der Waals surface area contributed by atoms with E-state index in [1.807, 2.05) is 36.4 Å². The molecule has 7 heteroatoms. The van der Waals surface area contributed by atoms with Crippen LogP contribution in [0.3, 0.4) is 0 Å². The predicted molar refractivity (Wildman–Crippen MR) is 120 cm³/mol. The molecule has 6 nitrogen and oxygen atoms in total. The molecule has 0 aliphatic heterocycles. The van der Waals surface area contributed by atoms with Gasteiger partial charge in [-0.3, -0.25) is 4.79 Å². The van der Waals surface area contributed by atoms with E-state index in [9.17, 15) is 9.00 Å². The maximum Gasteiger partial charge on any atom is 0.274 e. The van der Waals surface area contributed by atoms with E-state index in [0.717, 1.165) is 10.9 Å². The Morgan fingerprint density at radius 2 is 1.80 bits per heavy atom. The van der Waals surface area contributed by atoms with Gasteiger partial charge in [0.1, 0.15) is 17.0 Å². The molecule has 154 valence electrons. The van der Waals surface area contributed by atoms with Crippen molar-refractivity contribution in [2.24, 2.45) is 7.05 Å². The number of H-pyrrole nitrogens is 1. The zero-order valence-corrected chi connectivity index (χ0v) is 17.8. The van der Waals surface area contributed by atoms with E-state index in [1.165, 1.54) is 4.57 Å². The Hall–Kier alpha value is -3.32. The molecule has 0 radical (unpaired) electrons. The lowest BCUT2D eigenvalue weighted by Crippen LogP contribution is -2.16. The quantitative estimate of drug-likeness (QED) is 0.468. The lowest BCUT2D eigenvalue weighted by Gasteiger charge is -2.17. The van der Waals surface area contributed by atoms with Gasteiger partial charge in [-0.25, -0.2) is 8.99 Å². The molecule has 0 bridgehead atoms. The van der Waals surface area contributed by atoms with Gasteiger partial charge in [0.05, 0.1) is 9.73 Å². The highest BCUT2D eigenvalue weighted by molar-refractivity contribution is 7.93. The lowest BCUT2D eigenvalue weighted by atomic mass is 10.0. The van der Waals surface area contributed by atoms with Crippen molar-refractivity contribution in [1.82, 2.24) is 9.55 Å². The molecule has 1 atom stereocenters. The Morgan fingerprint density at radius 3 is 2.50 bits per heavy atom. The Kier molecular flexibility index (Phi) is 4.99. The highest BCUT2D eigenvalue weighted by Gasteiger charge is 2.20. The van der Waals surface area contributed by atoms with Crippen molar-refractivity contribution in [2.75, 3.05) is 0 Å². The largest absolute Gasteiger partial charge is 0.457 e.